The summed E-state index contributed by atoms with van der Waals surface area (Å²) < 4.78 is 11.1. The zero-order chi connectivity index (χ0) is 19.4. The van der Waals surface area contributed by atoms with Gasteiger partial charge in [0.1, 0.15) is 0 Å². The van der Waals surface area contributed by atoms with E-state index in [2.05, 4.69) is 10.3 Å². The molecule has 140 valence electrons. The van der Waals surface area contributed by atoms with Crippen molar-refractivity contribution in [3.63, 3.8) is 0 Å². The highest BCUT2D eigenvalue weighted by atomic mass is 32.2. The van der Waals surface area contributed by atoms with Crippen molar-refractivity contribution < 1.29 is 14.3 Å². The molecule has 27 heavy (non-hydrogen) atoms. The molecule has 0 aromatic heterocycles. The summed E-state index contributed by atoms with van der Waals surface area (Å²) in [7, 11) is 1.59. The molecular weight excluding hydrogens is 360 g/mol. The van der Waals surface area contributed by atoms with E-state index in [0.29, 0.717) is 28.2 Å². The van der Waals surface area contributed by atoms with E-state index in [-0.39, 0.29) is 5.91 Å². The molecule has 1 fully saturated rings. The van der Waals surface area contributed by atoms with Gasteiger partial charge in [0.05, 0.1) is 24.3 Å². The minimum atomic E-state index is -0.172. The largest absolute Gasteiger partial charge is 0.492 e. The van der Waals surface area contributed by atoms with Crippen LogP contribution in [-0.4, -0.2) is 24.8 Å². The van der Waals surface area contributed by atoms with Crippen molar-refractivity contribution in [3.8, 4) is 11.5 Å². The summed E-state index contributed by atoms with van der Waals surface area (Å²) in [4.78, 5) is 17.6. The lowest BCUT2D eigenvalue weighted by Crippen LogP contribution is -2.19. The second-order valence-electron chi connectivity index (χ2n) is 6.03. The maximum absolute atomic E-state index is 12.4. The second kappa shape index (κ2) is 8.31. The summed E-state index contributed by atoms with van der Waals surface area (Å²) in [5.41, 5.74) is 3.81. The summed E-state index contributed by atoms with van der Waals surface area (Å²) in [6, 6.07) is 11.6. The quantitative estimate of drug-likeness (QED) is 0.768. The van der Waals surface area contributed by atoms with Crippen molar-refractivity contribution in [1.82, 2.24) is 5.32 Å². The molecule has 1 heterocycles. The third-order valence-corrected chi connectivity index (χ3v) is 5.01. The number of hydrogen-bond donors (Lipinski definition) is 1. The van der Waals surface area contributed by atoms with Crippen molar-refractivity contribution >= 4 is 34.6 Å². The van der Waals surface area contributed by atoms with E-state index in [1.807, 2.05) is 57.2 Å². The standard InChI is InChI=1S/C21H22N2O3S/c1-5-26-16-11-7-10-15(19(16)25-4)12-17-20(24)23-21(27-17)22-18-13(2)8-6-9-14(18)3/h6-12H,5H2,1-4H3,(H,22,23,24)/b17-12-. The summed E-state index contributed by atoms with van der Waals surface area (Å²) in [6.07, 6.45) is 1.80. The fourth-order valence-corrected chi connectivity index (χ4v) is 3.66. The third kappa shape index (κ3) is 4.17. The first-order chi connectivity index (χ1) is 13.0. The number of nitrogens with zero attached hydrogens (tertiary/aromatic N) is 1. The van der Waals surface area contributed by atoms with Crippen LogP contribution in [0, 0.1) is 13.8 Å². The molecule has 1 amide bonds. The first kappa shape index (κ1) is 19.0. The van der Waals surface area contributed by atoms with Crippen LogP contribution in [0.2, 0.25) is 0 Å². The number of amidine groups is 1. The van der Waals surface area contributed by atoms with Crippen LogP contribution in [0.1, 0.15) is 23.6 Å². The van der Waals surface area contributed by atoms with Gasteiger partial charge in [-0.25, -0.2) is 4.99 Å². The summed E-state index contributed by atoms with van der Waals surface area (Å²) in [5, 5.41) is 3.41. The average Bonchev–Trinajstić information content (AvgIpc) is 2.98. The number of carbonyl (C=O) groups is 1. The number of hydrogen-bond acceptors (Lipinski definition) is 5. The van der Waals surface area contributed by atoms with Crippen LogP contribution < -0.4 is 14.8 Å². The van der Waals surface area contributed by atoms with E-state index in [9.17, 15) is 4.79 Å². The smallest absolute Gasteiger partial charge is 0.264 e. The van der Waals surface area contributed by atoms with E-state index in [4.69, 9.17) is 9.47 Å². The number of aryl methyl sites for hydroxylation is 2. The zero-order valence-corrected chi connectivity index (χ0v) is 16.6. The van der Waals surface area contributed by atoms with Crippen molar-refractivity contribution in [2.75, 3.05) is 13.7 Å². The second-order valence-corrected chi connectivity index (χ2v) is 7.06. The predicted molar refractivity (Wildman–Crippen MR) is 111 cm³/mol. The van der Waals surface area contributed by atoms with E-state index in [1.165, 1.54) is 11.8 Å². The molecule has 6 heteroatoms. The minimum absolute atomic E-state index is 0.172. The Balaban J connectivity index is 1.93. The minimum Gasteiger partial charge on any atom is -0.492 e. The molecule has 2 aromatic rings. The number of rotatable bonds is 5. The number of benzene rings is 2. The highest BCUT2D eigenvalue weighted by Crippen LogP contribution is 2.36. The fraction of sp³-hybridized carbons (Fsp3) is 0.238. The Hall–Kier alpha value is -2.73. The van der Waals surface area contributed by atoms with Crippen molar-refractivity contribution in [1.29, 1.82) is 0 Å². The van der Waals surface area contributed by atoms with Gasteiger partial charge in [0, 0.05) is 5.56 Å². The Bertz CT molecular complexity index is 915. The van der Waals surface area contributed by atoms with Gasteiger partial charge in [-0.1, -0.05) is 30.3 Å². The van der Waals surface area contributed by atoms with Crippen LogP contribution in [-0.2, 0) is 4.79 Å². The van der Waals surface area contributed by atoms with Gasteiger partial charge in [-0.2, -0.15) is 0 Å². The number of carbonyl (C=O) groups excluding carboxylic acids is 1. The molecule has 1 aliphatic heterocycles. The zero-order valence-electron chi connectivity index (χ0n) is 15.8. The highest BCUT2D eigenvalue weighted by Gasteiger charge is 2.25. The van der Waals surface area contributed by atoms with E-state index < -0.39 is 0 Å². The van der Waals surface area contributed by atoms with Crippen LogP contribution in [0.4, 0.5) is 5.69 Å². The first-order valence-electron chi connectivity index (χ1n) is 8.69. The molecule has 0 unspecified atom stereocenters. The van der Waals surface area contributed by atoms with Gasteiger partial charge in [-0.15, -0.1) is 0 Å². The molecule has 5 nitrogen and oxygen atoms in total. The molecule has 0 spiro atoms. The maximum Gasteiger partial charge on any atom is 0.264 e. The van der Waals surface area contributed by atoms with Gasteiger partial charge in [-0.3, -0.25) is 4.79 Å². The molecule has 1 saturated heterocycles. The molecule has 0 radical (unpaired) electrons. The monoisotopic (exact) mass is 382 g/mol. The lowest BCUT2D eigenvalue weighted by atomic mass is 10.1. The van der Waals surface area contributed by atoms with Gasteiger partial charge >= 0.3 is 0 Å². The Morgan fingerprint density at radius 1 is 1.15 bits per heavy atom. The van der Waals surface area contributed by atoms with Gasteiger partial charge in [-0.05, 0) is 55.8 Å². The molecule has 1 N–H and O–H groups in total. The van der Waals surface area contributed by atoms with Crippen LogP contribution in [0.3, 0.4) is 0 Å². The number of para-hydroxylation sites is 2. The average molecular weight is 382 g/mol. The summed E-state index contributed by atoms with van der Waals surface area (Å²) in [5.74, 6) is 1.09. The van der Waals surface area contributed by atoms with Gasteiger partial charge in [0.2, 0.25) is 0 Å². The van der Waals surface area contributed by atoms with Crippen molar-refractivity contribution in [2.24, 2.45) is 4.99 Å². The highest BCUT2D eigenvalue weighted by molar-refractivity contribution is 8.18. The molecular formula is C21H22N2O3S. The van der Waals surface area contributed by atoms with E-state index >= 15 is 0 Å². The van der Waals surface area contributed by atoms with E-state index in [1.54, 1.807) is 13.2 Å². The normalized spacial score (nSPS) is 16.7. The number of aliphatic imine (C=N–C) groups is 1. The molecule has 1 aliphatic rings. The lowest BCUT2D eigenvalue weighted by molar-refractivity contribution is -0.115. The molecule has 0 aliphatic carbocycles. The van der Waals surface area contributed by atoms with Crippen molar-refractivity contribution in [2.45, 2.75) is 20.8 Å². The topological polar surface area (TPSA) is 59.9 Å². The maximum atomic E-state index is 12.4. The number of ether oxygens (including phenoxy) is 2. The Labute approximate surface area is 163 Å². The van der Waals surface area contributed by atoms with Gasteiger partial charge < -0.3 is 14.8 Å². The van der Waals surface area contributed by atoms with Crippen molar-refractivity contribution in [3.05, 3.63) is 58.0 Å². The molecule has 0 saturated carbocycles. The number of nitrogens with one attached hydrogen (secondary N) is 1. The van der Waals surface area contributed by atoms with E-state index in [0.717, 1.165) is 22.4 Å². The SMILES string of the molecule is CCOc1cccc(/C=C2\SC(=Nc3c(C)cccc3C)NC2=O)c1OC. The molecule has 0 atom stereocenters. The van der Waals surface area contributed by atoms with Crippen LogP contribution >= 0.6 is 11.8 Å². The lowest BCUT2D eigenvalue weighted by Gasteiger charge is -2.11. The molecule has 0 bridgehead atoms. The molecule has 2 aromatic carbocycles. The first-order valence-corrected chi connectivity index (χ1v) is 9.50. The Morgan fingerprint density at radius 3 is 2.52 bits per heavy atom. The number of methoxy groups -OCH3 is 1. The number of amides is 1. The summed E-state index contributed by atoms with van der Waals surface area (Å²) >= 11 is 1.32. The molecule has 3 rings (SSSR count). The number of thioether (sulfide) groups is 1. The Kier molecular flexibility index (Phi) is 5.86. The Morgan fingerprint density at radius 2 is 1.85 bits per heavy atom. The van der Waals surface area contributed by atoms with Crippen LogP contribution in [0.5, 0.6) is 11.5 Å². The van der Waals surface area contributed by atoms with Gasteiger partial charge in [0.15, 0.2) is 16.7 Å². The van der Waals surface area contributed by atoms with Gasteiger partial charge in [0.25, 0.3) is 5.91 Å². The van der Waals surface area contributed by atoms with Crippen LogP contribution in [0.15, 0.2) is 46.3 Å². The fourth-order valence-electron chi connectivity index (χ4n) is 2.84. The predicted octanol–water partition coefficient (Wildman–Crippen LogP) is 4.60. The summed E-state index contributed by atoms with van der Waals surface area (Å²) in [6.45, 7) is 6.47. The third-order valence-electron chi connectivity index (χ3n) is 4.10. The van der Waals surface area contributed by atoms with Crippen LogP contribution in [0.25, 0.3) is 6.08 Å².